The number of hydrogen-bond acceptors (Lipinski definition) is 3. The van der Waals surface area contributed by atoms with Crippen LogP contribution in [-0.4, -0.2) is 25.3 Å². The van der Waals surface area contributed by atoms with E-state index in [-0.39, 0.29) is 0 Å². The summed E-state index contributed by atoms with van der Waals surface area (Å²) < 4.78 is 2.33. The van der Waals surface area contributed by atoms with Gasteiger partial charge in [-0.1, -0.05) is 30.3 Å². The van der Waals surface area contributed by atoms with E-state index in [0.29, 0.717) is 30.6 Å². The second kappa shape index (κ2) is 7.23. The SMILES string of the molecule is O=C(CCC1CCC(n2cnc3cnc4[nH]ccc4c32)C1)Cc1ccccc1. The minimum absolute atomic E-state index is 0.350. The number of benzene rings is 1. The lowest BCUT2D eigenvalue weighted by atomic mass is 9.97. The summed E-state index contributed by atoms with van der Waals surface area (Å²) in [5.74, 6) is 0.966. The summed E-state index contributed by atoms with van der Waals surface area (Å²) in [6.45, 7) is 0. The molecule has 1 fully saturated rings. The van der Waals surface area contributed by atoms with E-state index < -0.39 is 0 Å². The van der Waals surface area contributed by atoms with Crippen LogP contribution in [0.5, 0.6) is 0 Å². The molecule has 1 N–H and O–H groups in total. The van der Waals surface area contributed by atoms with Gasteiger partial charge in [-0.05, 0) is 43.2 Å². The Bertz CT molecular complexity index is 1110. The van der Waals surface area contributed by atoms with Crippen LogP contribution in [0.1, 0.15) is 43.7 Å². The normalized spacial score (nSPS) is 19.6. The average molecular weight is 372 g/mol. The molecule has 0 spiro atoms. The van der Waals surface area contributed by atoms with E-state index in [1.54, 1.807) is 0 Å². The summed E-state index contributed by atoms with van der Waals surface area (Å²) in [6.07, 6.45) is 11.4. The van der Waals surface area contributed by atoms with E-state index in [1.165, 1.54) is 11.9 Å². The number of rotatable bonds is 6. The van der Waals surface area contributed by atoms with Crippen molar-refractivity contribution in [2.75, 3.05) is 0 Å². The number of carbonyl (C=O) groups excluding carboxylic acids is 1. The van der Waals surface area contributed by atoms with E-state index >= 15 is 0 Å². The second-order valence-electron chi connectivity index (χ2n) is 7.96. The van der Waals surface area contributed by atoms with Crippen molar-refractivity contribution in [3.05, 3.63) is 60.7 Å². The Kier molecular flexibility index (Phi) is 4.43. The molecule has 5 nitrogen and oxygen atoms in total. The third-order valence-electron chi connectivity index (χ3n) is 6.10. The topological polar surface area (TPSA) is 63.6 Å². The molecule has 1 aromatic carbocycles. The minimum Gasteiger partial charge on any atom is -0.346 e. The summed E-state index contributed by atoms with van der Waals surface area (Å²) in [7, 11) is 0. The first-order valence-corrected chi connectivity index (χ1v) is 10.1. The van der Waals surface area contributed by atoms with Crippen molar-refractivity contribution < 1.29 is 4.79 Å². The lowest BCUT2D eigenvalue weighted by Gasteiger charge is -2.14. The van der Waals surface area contributed by atoms with Gasteiger partial charge in [0, 0.05) is 30.5 Å². The Hall–Kier alpha value is -2.95. The van der Waals surface area contributed by atoms with E-state index in [2.05, 4.69) is 25.6 Å². The van der Waals surface area contributed by atoms with E-state index in [9.17, 15) is 4.79 Å². The van der Waals surface area contributed by atoms with Gasteiger partial charge in [0.05, 0.1) is 18.0 Å². The molecule has 1 saturated carbocycles. The average Bonchev–Trinajstić information content (AvgIpc) is 3.44. The van der Waals surface area contributed by atoms with Crippen molar-refractivity contribution in [2.45, 2.75) is 44.6 Å². The van der Waals surface area contributed by atoms with Crippen LogP contribution >= 0.6 is 0 Å². The Morgan fingerprint density at radius 1 is 1.14 bits per heavy atom. The molecule has 5 heteroatoms. The fourth-order valence-electron chi connectivity index (χ4n) is 4.65. The van der Waals surface area contributed by atoms with Gasteiger partial charge in [-0.15, -0.1) is 0 Å². The number of aromatic amines is 1. The van der Waals surface area contributed by atoms with Gasteiger partial charge in [0.1, 0.15) is 16.9 Å². The largest absolute Gasteiger partial charge is 0.346 e. The van der Waals surface area contributed by atoms with E-state index in [1.807, 2.05) is 49.1 Å². The smallest absolute Gasteiger partial charge is 0.139 e. The number of fused-ring (bicyclic) bond motifs is 3. The number of ketones is 1. The maximum Gasteiger partial charge on any atom is 0.139 e. The number of H-pyrrole nitrogens is 1. The molecule has 5 rings (SSSR count). The predicted molar refractivity (Wildman–Crippen MR) is 110 cm³/mol. The van der Waals surface area contributed by atoms with Gasteiger partial charge in [0.15, 0.2) is 0 Å². The molecule has 28 heavy (non-hydrogen) atoms. The van der Waals surface area contributed by atoms with Crippen molar-refractivity contribution in [1.82, 2.24) is 19.5 Å². The summed E-state index contributed by atoms with van der Waals surface area (Å²) in [5, 5.41) is 1.14. The van der Waals surface area contributed by atoms with Gasteiger partial charge in [0.2, 0.25) is 0 Å². The molecule has 4 aromatic rings. The Morgan fingerprint density at radius 3 is 2.93 bits per heavy atom. The van der Waals surface area contributed by atoms with Gasteiger partial charge in [-0.25, -0.2) is 9.97 Å². The summed E-state index contributed by atoms with van der Waals surface area (Å²) in [4.78, 5) is 24.5. The number of imidazole rings is 1. The molecule has 2 unspecified atom stereocenters. The highest BCUT2D eigenvalue weighted by Crippen LogP contribution is 2.39. The highest BCUT2D eigenvalue weighted by Gasteiger charge is 2.27. The highest BCUT2D eigenvalue weighted by molar-refractivity contribution is 6.00. The molecule has 3 aromatic heterocycles. The summed E-state index contributed by atoms with van der Waals surface area (Å²) >= 11 is 0. The maximum absolute atomic E-state index is 12.3. The van der Waals surface area contributed by atoms with Crippen molar-refractivity contribution >= 4 is 27.9 Å². The van der Waals surface area contributed by atoms with E-state index in [4.69, 9.17) is 0 Å². The van der Waals surface area contributed by atoms with Gasteiger partial charge in [0.25, 0.3) is 0 Å². The van der Waals surface area contributed by atoms with E-state index in [0.717, 1.165) is 41.4 Å². The van der Waals surface area contributed by atoms with Crippen LogP contribution in [0.2, 0.25) is 0 Å². The van der Waals surface area contributed by atoms with Crippen LogP contribution in [-0.2, 0) is 11.2 Å². The molecule has 3 heterocycles. The van der Waals surface area contributed by atoms with Crippen molar-refractivity contribution in [3.8, 4) is 0 Å². The minimum atomic E-state index is 0.350. The van der Waals surface area contributed by atoms with Crippen molar-refractivity contribution in [1.29, 1.82) is 0 Å². The van der Waals surface area contributed by atoms with Gasteiger partial charge in [-0.2, -0.15) is 0 Å². The fraction of sp³-hybridized carbons (Fsp3) is 0.348. The number of carbonyl (C=O) groups is 1. The zero-order valence-electron chi connectivity index (χ0n) is 15.8. The summed E-state index contributed by atoms with van der Waals surface area (Å²) in [6, 6.07) is 12.6. The monoisotopic (exact) mass is 372 g/mol. The zero-order valence-corrected chi connectivity index (χ0v) is 15.8. The molecule has 2 atom stereocenters. The van der Waals surface area contributed by atoms with Crippen LogP contribution in [0.15, 0.2) is 55.1 Å². The molecule has 1 aliphatic carbocycles. The molecule has 0 bridgehead atoms. The molecular formula is C23H24N4O. The fourth-order valence-corrected chi connectivity index (χ4v) is 4.65. The third kappa shape index (κ3) is 3.21. The molecule has 0 saturated heterocycles. The van der Waals surface area contributed by atoms with Crippen LogP contribution in [0, 0.1) is 5.92 Å². The standard InChI is InChI=1S/C23H24N4O/c28-19(13-16-4-2-1-3-5-16)9-7-17-6-8-18(12-17)27-15-26-21-14-25-23-20(22(21)27)10-11-24-23/h1-5,10-11,14-15,17-18H,6-9,12-13H2,(H,24,25). The number of aromatic nitrogens is 4. The van der Waals surface area contributed by atoms with Crippen LogP contribution in [0.25, 0.3) is 22.1 Å². The molecule has 0 amide bonds. The molecule has 0 radical (unpaired) electrons. The lowest BCUT2D eigenvalue weighted by Crippen LogP contribution is -2.07. The number of nitrogens with zero attached hydrogens (tertiary/aromatic N) is 3. The van der Waals surface area contributed by atoms with Gasteiger partial charge in [-0.3, -0.25) is 4.79 Å². The van der Waals surface area contributed by atoms with Crippen LogP contribution in [0.4, 0.5) is 0 Å². The third-order valence-corrected chi connectivity index (χ3v) is 6.10. The predicted octanol–water partition coefficient (Wildman–Crippen LogP) is 4.85. The number of nitrogens with one attached hydrogen (secondary N) is 1. The number of pyridine rings is 1. The second-order valence-corrected chi connectivity index (χ2v) is 7.96. The maximum atomic E-state index is 12.3. The first kappa shape index (κ1) is 17.2. The Morgan fingerprint density at radius 2 is 2.04 bits per heavy atom. The quantitative estimate of drug-likeness (QED) is 0.526. The molecule has 1 aliphatic rings. The first-order chi connectivity index (χ1) is 13.8. The highest BCUT2D eigenvalue weighted by atomic mass is 16.1. The Balaban J connectivity index is 1.25. The van der Waals surface area contributed by atoms with Crippen LogP contribution in [0.3, 0.4) is 0 Å². The molecule has 0 aliphatic heterocycles. The lowest BCUT2D eigenvalue weighted by molar-refractivity contribution is -0.118. The van der Waals surface area contributed by atoms with Crippen LogP contribution < -0.4 is 0 Å². The molecule has 142 valence electrons. The zero-order chi connectivity index (χ0) is 18.9. The van der Waals surface area contributed by atoms with Crippen molar-refractivity contribution in [3.63, 3.8) is 0 Å². The summed E-state index contributed by atoms with van der Waals surface area (Å²) in [5.41, 5.74) is 4.16. The van der Waals surface area contributed by atoms with Gasteiger partial charge < -0.3 is 9.55 Å². The first-order valence-electron chi connectivity index (χ1n) is 10.1. The number of Topliss-reactive ketones (excluding diaryl/α,β-unsaturated/α-hetero) is 1. The molecular weight excluding hydrogens is 348 g/mol. The van der Waals surface area contributed by atoms with Gasteiger partial charge >= 0.3 is 0 Å². The Labute approximate surface area is 163 Å². The number of hydrogen-bond donors (Lipinski definition) is 1. The van der Waals surface area contributed by atoms with Crippen molar-refractivity contribution in [2.24, 2.45) is 5.92 Å².